The molecular formula is C47H60N8O6S. The van der Waals surface area contributed by atoms with Crippen LogP contribution in [0.1, 0.15) is 48.5 Å². The molecule has 1 aliphatic carbocycles. The molecule has 330 valence electrons. The molecule has 62 heavy (non-hydrogen) atoms. The zero-order valence-electron chi connectivity index (χ0n) is 37.2. The van der Waals surface area contributed by atoms with Crippen molar-refractivity contribution in [3.63, 3.8) is 0 Å². The molecule has 0 radical (unpaired) electrons. The van der Waals surface area contributed by atoms with E-state index in [9.17, 15) is 19.5 Å². The maximum Gasteiger partial charge on any atom is 0.337 e. The van der Waals surface area contributed by atoms with E-state index < -0.39 is 11.6 Å². The Morgan fingerprint density at radius 1 is 0.919 bits per heavy atom. The van der Waals surface area contributed by atoms with Crippen molar-refractivity contribution >= 4 is 40.3 Å². The number of carboxylic acids is 1. The smallest absolute Gasteiger partial charge is 0.337 e. The van der Waals surface area contributed by atoms with Gasteiger partial charge in [0.1, 0.15) is 5.75 Å². The van der Waals surface area contributed by atoms with Gasteiger partial charge in [0.15, 0.2) is 11.2 Å². The lowest BCUT2D eigenvalue weighted by atomic mass is 9.71. The number of aryl methyl sites for hydroxylation is 2. The maximum absolute atomic E-state index is 11.7. The number of rotatable bonds is 8. The van der Waals surface area contributed by atoms with Crippen molar-refractivity contribution in [3.05, 3.63) is 136 Å². The summed E-state index contributed by atoms with van der Waals surface area (Å²) in [4.78, 5) is 50.5. The average molecular weight is 865 g/mol. The number of methoxy groups -OCH3 is 1. The summed E-state index contributed by atoms with van der Waals surface area (Å²) >= 11 is 1.87. The number of nitrogens with zero attached hydrogens (tertiary/aromatic N) is 8. The molecule has 2 aliphatic rings. The zero-order chi connectivity index (χ0) is 45.1. The van der Waals surface area contributed by atoms with Crippen LogP contribution in [0, 0.1) is 5.92 Å². The van der Waals surface area contributed by atoms with Crippen LogP contribution >= 0.6 is 11.8 Å². The minimum Gasteiger partial charge on any atom is -0.497 e. The van der Waals surface area contributed by atoms with E-state index in [0.29, 0.717) is 23.1 Å². The highest BCUT2D eigenvalue weighted by molar-refractivity contribution is 7.99. The number of aliphatic hydroxyl groups is 1. The van der Waals surface area contributed by atoms with Crippen LogP contribution in [0.25, 0.3) is 11.2 Å². The van der Waals surface area contributed by atoms with Gasteiger partial charge in [0.2, 0.25) is 0 Å². The van der Waals surface area contributed by atoms with Crippen molar-refractivity contribution in [1.29, 1.82) is 0 Å². The Balaban J connectivity index is 0.000000162. The van der Waals surface area contributed by atoms with Crippen molar-refractivity contribution in [1.82, 2.24) is 33.5 Å². The minimum absolute atomic E-state index is 0.220. The first-order chi connectivity index (χ1) is 29.6. The molecule has 3 aromatic carbocycles. The summed E-state index contributed by atoms with van der Waals surface area (Å²) < 4.78 is 9.33. The van der Waals surface area contributed by atoms with Crippen LogP contribution in [0.2, 0.25) is 0 Å². The molecule has 3 atom stereocenters. The Hall–Kier alpha value is -5.74. The second-order valence-corrected chi connectivity index (χ2v) is 17.2. The van der Waals surface area contributed by atoms with Gasteiger partial charge in [0, 0.05) is 68.4 Å². The molecule has 0 spiro atoms. The summed E-state index contributed by atoms with van der Waals surface area (Å²) in [6, 6.07) is 28.8. The molecule has 2 N–H and O–H groups in total. The van der Waals surface area contributed by atoms with Gasteiger partial charge in [-0.15, -0.1) is 0 Å². The average Bonchev–Trinajstić information content (AvgIpc) is 3.67. The summed E-state index contributed by atoms with van der Waals surface area (Å²) in [6.07, 6.45) is 8.60. The van der Waals surface area contributed by atoms with Gasteiger partial charge in [-0.3, -0.25) is 18.9 Å². The van der Waals surface area contributed by atoms with Crippen molar-refractivity contribution in [3.8, 4) is 5.75 Å². The monoisotopic (exact) mass is 864 g/mol. The fourth-order valence-electron chi connectivity index (χ4n) is 7.55. The molecule has 0 bridgehead atoms. The van der Waals surface area contributed by atoms with Gasteiger partial charge in [-0.2, -0.15) is 0 Å². The molecule has 1 unspecified atom stereocenters. The quantitative estimate of drug-likeness (QED) is 0.169. The number of hydrogen-bond donors (Lipinski definition) is 2. The third-order valence-corrected chi connectivity index (χ3v) is 12.4. The van der Waals surface area contributed by atoms with Gasteiger partial charge in [-0.05, 0) is 102 Å². The van der Waals surface area contributed by atoms with E-state index in [2.05, 4.69) is 108 Å². The summed E-state index contributed by atoms with van der Waals surface area (Å²) in [5.74, 6) is 0.173. The lowest BCUT2D eigenvalue weighted by molar-refractivity contribution is -0.0619. The number of aromatic nitrogens is 5. The SMILES string of the molecule is CC(CN1c2ccccc2Sc2ccccc21)N(C)C.COc1cccc([C@@]2(O)CCCC[C@@H]2CN(C)C)c1.Cn1c(=O)c2c(ncn2C)n(C)c1=O.O=C(O)c1cccnc1. The number of imidazole rings is 1. The van der Waals surface area contributed by atoms with Crippen molar-refractivity contribution < 1.29 is 19.7 Å². The normalized spacial score (nSPS) is 17.0. The number of pyridine rings is 1. The number of fused-ring (bicyclic) bond motifs is 3. The Bertz CT molecular complexity index is 2490. The number of likely N-dealkylation sites (N-methyl/N-ethyl adjacent to an activating group) is 1. The summed E-state index contributed by atoms with van der Waals surface area (Å²) in [7, 11) is 14.9. The van der Waals surface area contributed by atoms with Gasteiger partial charge in [0.05, 0.1) is 36.0 Å². The number of carbonyl (C=O) groups is 1. The topological polar surface area (TPSA) is 151 Å². The molecule has 3 aromatic heterocycles. The van der Waals surface area contributed by atoms with E-state index in [-0.39, 0.29) is 16.8 Å². The first-order valence-electron chi connectivity index (χ1n) is 20.6. The van der Waals surface area contributed by atoms with Crippen LogP contribution in [-0.2, 0) is 26.7 Å². The highest BCUT2D eigenvalue weighted by atomic mass is 32.2. The number of anilines is 2. The fourth-order valence-corrected chi connectivity index (χ4v) is 8.65. The Morgan fingerprint density at radius 3 is 2.15 bits per heavy atom. The second kappa shape index (κ2) is 21.4. The van der Waals surface area contributed by atoms with Crippen molar-refractivity contribution in [2.75, 3.05) is 53.3 Å². The number of hydrogen-bond acceptors (Lipinski definition) is 11. The van der Waals surface area contributed by atoms with Gasteiger partial charge in [-0.1, -0.05) is 61.0 Å². The Morgan fingerprint density at radius 2 is 1.58 bits per heavy atom. The predicted octanol–water partition coefficient (Wildman–Crippen LogP) is 6.62. The van der Waals surface area contributed by atoms with Gasteiger partial charge >= 0.3 is 11.7 Å². The van der Waals surface area contributed by atoms with Gasteiger partial charge < -0.3 is 34.2 Å². The molecule has 4 heterocycles. The van der Waals surface area contributed by atoms with E-state index in [1.165, 1.54) is 64.0 Å². The third-order valence-electron chi connectivity index (χ3n) is 11.3. The molecule has 1 aliphatic heterocycles. The van der Waals surface area contributed by atoms with Crippen LogP contribution in [-0.4, -0.2) is 104 Å². The standard InChI is InChI=1S/C17H20N2S.C16H25NO2.C8H10N4O2.C6H5NO2/c1-13(18(2)3)12-19-14-8-4-6-10-16(14)20-17-11-7-5-9-15(17)19;1-17(2)12-14-7-4-5-10-16(14,18)13-8-6-9-15(11-13)19-3;1-10-4-9-6-5(10)7(13)12(3)8(14)11(6)2;8-6(9)5-2-1-3-7-4-5/h4-11,13H,12H2,1-3H3;6,8-9,11,14,18H,4-5,7,10,12H2,1-3H3;4H,1-3H3;1-4H,(H,8,9)/t;14-,16+;;/m.1../s1. The number of benzene rings is 3. The lowest BCUT2D eigenvalue weighted by Gasteiger charge is -2.41. The van der Waals surface area contributed by atoms with Crippen LogP contribution in [0.3, 0.4) is 0 Å². The lowest BCUT2D eigenvalue weighted by Crippen LogP contribution is -2.43. The highest BCUT2D eigenvalue weighted by Gasteiger charge is 2.40. The number of carboxylic acid groups (broad SMARTS) is 1. The van der Waals surface area contributed by atoms with E-state index in [1.54, 1.807) is 31.8 Å². The maximum atomic E-state index is 11.7. The molecule has 6 aromatic rings. The molecule has 1 fully saturated rings. The first kappa shape index (κ1) is 47.3. The van der Waals surface area contributed by atoms with Crippen molar-refractivity contribution in [2.24, 2.45) is 27.1 Å². The number of para-hydroxylation sites is 2. The molecule has 1 saturated carbocycles. The predicted molar refractivity (Wildman–Crippen MR) is 247 cm³/mol. The van der Waals surface area contributed by atoms with Crippen LogP contribution < -0.4 is 20.9 Å². The first-order valence-corrected chi connectivity index (χ1v) is 21.4. The van der Waals surface area contributed by atoms with E-state index in [0.717, 1.165) is 48.2 Å². The summed E-state index contributed by atoms with van der Waals surface area (Å²) in [5, 5.41) is 19.5. The largest absolute Gasteiger partial charge is 0.497 e. The zero-order valence-corrected chi connectivity index (χ0v) is 38.0. The number of aromatic carboxylic acids is 1. The van der Waals surface area contributed by atoms with Crippen LogP contribution in [0.5, 0.6) is 5.75 Å². The van der Waals surface area contributed by atoms with Gasteiger partial charge in [-0.25, -0.2) is 14.6 Å². The van der Waals surface area contributed by atoms with E-state index >= 15 is 0 Å². The molecular weight excluding hydrogens is 805 g/mol. The Kier molecular flexibility index (Phi) is 16.3. The van der Waals surface area contributed by atoms with E-state index in [4.69, 9.17) is 9.84 Å². The number of ether oxygens (including phenoxy) is 1. The Labute approximate surface area is 368 Å². The van der Waals surface area contributed by atoms with Crippen LogP contribution in [0.4, 0.5) is 11.4 Å². The molecule has 14 nitrogen and oxygen atoms in total. The van der Waals surface area contributed by atoms with E-state index in [1.807, 2.05) is 36.0 Å². The summed E-state index contributed by atoms with van der Waals surface area (Å²) in [6.45, 7) is 4.20. The third kappa shape index (κ3) is 11.2. The molecule has 8 rings (SSSR count). The fraction of sp³-hybridized carbons (Fsp3) is 0.383. The molecule has 0 amide bonds. The highest BCUT2D eigenvalue weighted by Crippen LogP contribution is 2.48. The van der Waals surface area contributed by atoms with Crippen molar-refractivity contribution in [2.45, 2.75) is 54.0 Å². The van der Waals surface area contributed by atoms with Crippen LogP contribution in [0.15, 0.2) is 123 Å². The summed E-state index contributed by atoms with van der Waals surface area (Å²) in [5.41, 5.74) is 3.34. The second-order valence-electron chi connectivity index (χ2n) is 16.1. The molecule has 0 saturated heterocycles. The molecule has 15 heteroatoms. The van der Waals surface area contributed by atoms with Gasteiger partial charge in [0.25, 0.3) is 5.56 Å². The minimum atomic E-state index is -0.942.